The first-order chi connectivity index (χ1) is 11.9. The monoisotopic (exact) mass is 364 g/mol. The molecule has 0 saturated heterocycles. The second-order valence-corrected chi connectivity index (χ2v) is 8.30. The number of nitrogens with zero attached hydrogens (tertiary/aromatic N) is 1. The molecule has 1 amide bonds. The molecule has 1 heterocycles. The Morgan fingerprint density at radius 2 is 2.08 bits per heavy atom. The summed E-state index contributed by atoms with van der Waals surface area (Å²) >= 11 is 0. The molecular formula is C17H24N4O3S. The summed E-state index contributed by atoms with van der Waals surface area (Å²) in [4.78, 5) is 17.0. The van der Waals surface area contributed by atoms with E-state index in [1.165, 1.54) is 6.07 Å². The van der Waals surface area contributed by atoms with Crippen molar-refractivity contribution in [2.45, 2.75) is 49.6 Å². The number of sulfonamides is 1. The molecule has 4 N–H and O–H groups in total. The van der Waals surface area contributed by atoms with Crippen LogP contribution in [0.15, 0.2) is 34.2 Å². The van der Waals surface area contributed by atoms with Crippen LogP contribution in [0.5, 0.6) is 0 Å². The lowest BCUT2D eigenvalue weighted by Gasteiger charge is -2.31. The van der Waals surface area contributed by atoms with Crippen molar-refractivity contribution in [3.8, 4) is 0 Å². The van der Waals surface area contributed by atoms with Crippen LogP contribution in [-0.4, -0.2) is 38.8 Å². The van der Waals surface area contributed by atoms with Gasteiger partial charge in [-0.25, -0.2) is 8.42 Å². The van der Waals surface area contributed by atoms with Crippen molar-refractivity contribution in [1.29, 1.82) is 0 Å². The average molecular weight is 364 g/mol. The molecular weight excluding hydrogens is 340 g/mol. The van der Waals surface area contributed by atoms with Crippen LogP contribution in [0.3, 0.4) is 0 Å². The third-order valence-corrected chi connectivity index (χ3v) is 6.30. The SMILES string of the molecule is CC(N=C1NS(=O)(=O)c2ccccc21)C(=O)NC1CCCCC1CN. The highest BCUT2D eigenvalue weighted by Crippen LogP contribution is 2.24. The normalized spacial score (nSPS) is 27.4. The highest BCUT2D eigenvalue weighted by atomic mass is 32.2. The smallest absolute Gasteiger partial charge is 0.263 e. The number of amides is 1. The van der Waals surface area contributed by atoms with E-state index in [-0.39, 0.29) is 22.7 Å². The van der Waals surface area contributed by atoms with Gasteiger partial charge in [-0.05, 0) is 44.4 Å². The summed E-state index contributed by atoms with van der Waals surface area (Å²) in [6.07, 6.45) is 4.17. The molecule has 1 aliphatic carbocycles. The van der Waals surface area contributed by atoms with Gasteiger partial charge in [0.15, 0.2) is 0 Å². The van der Waals surface area contributed by atoms with E-state index in [4.69, 9.17) is 5.73 Å². The average Bonchev–Trinajstić information content (AvgIpc) is 2.86. The Morgan fingerprint density at radius 1 is 1.36 bits per heavy atom. The van der Waals surface area contributed by atoms with Crippen molar-refractivity contribution in [3.05, 3.63) is 29.8 Å². The van der Waals surface area contributed by atoms with Crippen LogP contribution in [0.25, 0.3) is 0 Å². The molecule has 1 fully saturated rings. The summed E-state index contributed by atoms with van der Waals surface area (Å²) in [5.74, 6) is 0.307. The molecule has 0 spiro atoms. The molecule has 0 bridgehead atoms. The van der Waals surface area contributed by atoms with Gasteiger partial charge in [0.2, 0.25) is 5.91 Å². The number of carbonyl (C=O) groups is 1. The standard InChI is InChI=1S/C17H24N4O3S/c1-11(17(22)20-14-8-4-2-6-12(14)10-18)19-16-13-7-3-5-9-15(13)25(23,24)21-16/h3,5,7,9,11-12,14H,2,4,6,8,10,18H2,1H3,(H,19,21)(H,20,22). The lowest BCUT2D eigenvalue weighted by molar-refractivity contribution is -0.123. The Labute approximate surface area is 148 Å². The van der Waals surface area contributed by atoms with Gasteiger partial charge in [-0.2, -0.15) is 0 Å². The summed E-state index contributed by atoms with van der Waals surface area (Å²) in [6.45, 7) is 2.22. The van der Waals surface area contributed by atoms with E-state index >= 15 is 0 Å². The maximum atomic E-state index is 12.5. The lowest BCUT2D eigenvalue weighted by atomic mass is 9.84. The van der Waals surface area contributed by atoms with Crippen molar-refractivity contribution in [2.75, 3.05) is 6.54 Å². The van der Waals surface area contributed by atoms with Gasteiger partial charge in [0.05, 0.1) is 4.90 Å². The van der Waals surface area contributed by atoms with Crippen LogP contribution in [-0.2, 0) is 14.8 Å². The summed E-state index contributed by atoms with van der Waals surface area (Å²) in [6, 6.07) is 5.99. The van der Waals surface area contributed by atoms with Crippen molar-refractivity contribution >= 4 is 21.8 Å². The van der Waals surface area contributed by atoms with Crippen LogP contribution in [0, 0.1) is 5.92 Å². The number of nitrogens with two attached hydrogens (primary N) is 1. The Hall–Kier alpha value is -1.93. The van der Waals surface area contributed by atoms with Gasteiger partial charge < -0.3 is 11.1 Å². The fraction of sp³-hybridized carbons (Fsp3) is 0.529. The fourth-order valence-corrected chi connectivity index (χ4v) is 4.70. The minimum Gasteiger partial charge on any atom is -0.351 e. The summed E-state index contributed by atoms with van der Waals surface area (Å²) < 4.78 is 26.6. The molecule has 3 unspecified atom stereocenters. The van der Waals surface area contributed by atoms with Gasteiger partial charge in [-0.15, -0.1) is 0 Å². The Kier molecular flexibility index (Phi) is 5.10. The Bertz CT molecular complexity index is 791. The third kappa shape index (κ3) is 3.69. The quantitative estimate of drug-likeness (QED) is 0.731. The molecule has 0 radical (unpaired) electrons. The number of nitrogens with one attached hydrogen (secondary N) is 2. The molecule has 1 saturated carbocycles. The highest BCUT2D eigenvalue weighted by Gasteiger charge is 2.32. The fourth-order valence-electron chi connectivity index (χ4n) is 3.47. The number of carbonyl (C=O) groups excluding carboxylic acids is 1. The van der Waals surface area contributed by atoms with Crippen LogP contribution < -0.4 is 15.8 Å². The molecule has 8 heteroatoms. The summed E-state index contributed by atoms with van der Waals surface area (Å²) in [5.41, 5.74) is 6.30. The maximum absolute atomic E-state index is 12.5. The molecule has 1 aliphatic heterocycles. The Morgan fingerprint density at radius 3 is 2.84 bits per heavy atom. The molecule has 3 rings (SSSR count). The number of benzene rings is 1. The highest BCUT2D eigenvalue weighted by molar-refractivity contribution is 7.90. The second kappa shape index (κ2) is 7.13. The van der Waals surface area contributed by atoms with Gasteiger partial charge in [-0.3, -0.25) is 14.5 Å². The van der Waals surface area contributed by atoms with E-state index < -0.39 is 16.1 Å². The topological polar surface area (TPSA) is 114 Å². The number of rotatable bonds is 4. The first kappa shape index (κ1) is 17.9. The molecule has 1 aromatic rings. The van der Waals surface area contributed by atoms with E-state index in [1.54, 1.807) is 25.1 Å². The molecule has 7 nitrogen and oxygen atoms in total. The van der Waals surface area contributed by atoms with Crippen molar-refractivity contribution in [1.82, 2.24) is 10.0 Å². The lowest BCUT2D eigenvalue weighted by Crippen LogP contribution is -2.47. The largest absolute Gasteiger partial charge is 0.351 e. The molecule has 136 valence electrons. The summed E-state index contributed by atoms with van der Waals surface area (Å²) in [5, 5.41) is 3.04. The third-order valence-electron chi connectivity index (χ3n) is 4.90. The Balaban J connectivity index is 1.74. The molecule has 0 aromatic heterocycles. The first-order valence-corrected chi connectivity index (χ1v) is 10.1. The predicted molar refractivity (Wildman–Crippen MR) is 95.7 cm³/mol. The number of hydrogen-bond donors (Lipinski definition) is 3. The molecule has 25 heavy (non-hydrogen) atoms. The van der Waals surface area contributed by atoms with Gasteiger partial charge in [0.25, 0.3) is 10.0 Å². The second-order valence-electron chi connectivity index (χ2n) is 6.65. The van der Waals surface area contributed by atoms with Crippen molar-refractivity contribution < 1.29 is 13.2 Å². The van der Waals surface area contributed by atoms with Gasteiger partial charge in [-0.1, -0.05) is 25.0 Å². The number of aliphatic imine (C=N–C) groups is 1. The molecule has 2 aliphatic rings. The minimum atomic E-state index is -3.60. The zero-order valence-corrected chi connectivity index (χ0v) is 15.1. The van der Waals surface area contributed by atoms with Gasteiger partial charge in [0, 0.05) is 11.6 Å². The summed E-state index contributed by atoms with van der Waals surface area (Å²) in [7, 11) is -3.60. The van der Waals surface area contributed by atoms with E-state index in [1.807, 2.05) is 0 Å². The van der Waals surface area contributed by atoms with E-state index in [2.05, 4.69) is 15.0 Å². The first-order valence-electron chi connectivity index (χ1n) is 8.63. The van der Waals surface area contributed by atoms with Crippen molar-refractivity contribution in [3.63, 3.8) is 0 Å². The van der Waals surface area contributed by atoms with Crippen LogP contribution >= 0.6 is 0 Å². The zero-order chi connectivity index (χ0) is 18.0. The van der Waals surface area contributed by atoms with Crippen molar-refractivity contribution in [2.24, 2.45) is 16.6 Å². The van der Waals surface area contributed by atoms with Crippen LogP contribution in [0.1, 0.15) is 38.2 Å². The van der Waals surface area contributed by atoms with Gasteiger partial charge >= 0.3 is 0 Å². The van der Waals surface area contributed by atoms with E-state index in [0.717, 1.165) is 25.7 Å². The van der Waals surface area contributed by atoms with E-state index in [9.17, 15) is 13.2 Å². The predicted octanol–water partition coefficient (Wildman–Crippen LogP) is 0.747. The zero-order valence-electron chi connectivity index (χ0n) is 14.2. The number of amidine groups is 1. The maximum Gasteiger partial charge on any atom is 0.263 e. The number of hydrogen-bond acceptors (Lipinski definition) is 5. The number of fused-ring (bicyclic) bond motifs is 1. The van der Waals surface area contributed by atoms with Crippen LogP contribution in [0.4, 0.5) is 0 Å². The van der Waals surface area contributed by atoms with E-state index in [0.29, 0.717) is 18.0 Å². The minimum absolute atomic E-state index is 0.0708. The van der Waals surface area contributed by atoms with Gasteiger partial charge in [0.1, 0.15) is 11.9 Å². The molecule has 3 atom stereocenters. The van der Waals surface area contributed by atoms with Crippen LogP contribution in [0.2, 0.25) is 0 Å². The molecule has 1 aromatic carbocycles.